The van der Waals surface area contributed by atoms with E-state index >= 15 is 0 Å². The maximum atomic E-state index is 11.9. The third kappa shape index (κ3) is 3.48. The van der Waals surface area contributed by atoms with Gasteiger partial charge in [0.1, 0.15) is 6.04 Å². The molecule has 2 heterocycles. The summed E-state index contributed by atoms with van der Waals surface area (Å²) >= 11 is 0. The van der Waals surface area contributed by atoms with E-state index in [9.17, 15) is 4.79 Å². The van der Waals surface area contributed by atoms with Crippen LogP contribution in [-0.2, 0) is 11.3 Å². The van der Waals surface area contributed by atoms with Gasteiger partial charge in [0.2, 0.25) is 11.8 Å². The number of hydrogen-bond donors (Lipinski definition) is 1. The summed E-state index contributed by atoms with van der Waals surface area (Å²) in [6.07, 6.45) is 6.32. The highest BCUT2D eigenvalue weighted by molar-refractivity contribution is 5.76. The molecule has 2 aromatic heterocycles. The Morgan fingerprint density at radius 2 is 2.38 bits per heavy atom. The maximum Gasteiger partial charge on any atom is 0.248 e. The van der Waals surface area contributed by atoms with Gasteiger partial charge in [-0.2, -0.15) is 10.1 Å². The molecule has 0 bridgehead atoms. The number of aromatic nitrogens is 4. The molecule has 0 saturated heterocycles. The molecule has 1 aliphatic carbocycles. The lowest BCUT2D eigenvalue weighted by Gasteiger charge is -2.09. The molecule has 112 valence electrons. The highest BCUT2D eigenvalue weighted by atomic mass is 16.5. The molecule has 0 unspecified atom stereocenters. The van der Waals surface area contributed by atoms with Gasteiger partial charge >= 0.3 is 0 Å². The predicted molar refractivity (Wildman–Crippen MR) is 74.4 cm³/mol. The van der Waals surface area contributed by atoms with Crippen LogP contribution in [0.3, 0.4) is 0 Å². The molecule has 7 nitrogen and oxygen atoms in total. The minimum absolute atomic E-state index is 0.0539. The summed E-state index contributed by atoms with van der Waals surface area (Å²) in [7, 11) is 0. The third-order valence-corrected chi connectivity index (χ3v) is 3.48. The topological polar surface area (TPSA) is 85.8 Å². The van der Waals surface area contributed by atoms with Gasteiger partial charge in [-0.05, 0) is 32.3 Å². The van der Waals surface area contributed by atoms with Crippen molar-refractivity contribution in [1.29, 1.82) is 0 Å². The minimum atomic E-state index is -0.267. The summed E-state index contributed by atoms with van der Waals surface area (Å²) in [6.45, 7) is 4.38. The number of amides is 1. The molecule has 0 radical (unpaired) electrons. The second kappa shape index (κ2) is 5.67. The molecule has 1 atom stereocenters. The number of nitrogens with one attached hydrogen (secondary N) is 1. The summed E-state index contributed by atoms with van der Waals surface area (Å²) in [5.41, 5.74) is 1.09. The van der Waals surface area contributed by atoms with Gasteiger partial charge in [0.05, 0.1) is 6.20 Å². The third-order valence-electron chi connectivity index (χ3n) is 3.48. The lowest BCUT2D eigenvalue weighted by Crippen LogP contribution is -2.27. The van der Waals surface area contributed by atoms with Crippen molar-refractivity contribution >= 4 is 5.91 Å². The first kappa shape index (κ1) is 13.8. The zero-order valence-electron chi connectivity index (χ0n) is 12.2. The fraction of sp³-hybridized carbons (Fsp3) is 0.571. The maximum absolute atomic E-state index is 11.9. The molecule has 0 spiro atoms. The van der Waals surface area contributed by atoms with E-state index in [1.165, 1.54) is 0 Å². The molecule has 1 aliphatic rings. The Hall–Kier alpha value is -2.18. The zero-order valence-corrected chi connectivity index (χ0v) is 12.2. The summed E-state index contributed by atoms with van der Waals surface area (Å²) < 4.78 is 6.96. The Kier molecular flexibility index (Phi) is 3.72. The normalized spacial score (nSPS) is 15.9. The van der Waals surface area contributed by atoms with Crippen molar-refractivity contribution in [2.75, 3.05) is 0 Å². The van der Waals surface area contributed by atoms with Crippen molar-refractivity contribution in [2.24, 2.45) is 0 Å². The Morgan fingerprint density at radius 3 is 3.05 bits per heavy atom. The summed E-state index contributed by atoms with van der Waals surface area (Å²) in [4.78, 5) is 16.3. The van der Waals surface area contributed by atoms with Gasteiger partial charge in [-0.1, -0.05) is 5.16 Å². The van der Waals surface area contributed by atoms with Crippen LogP contribution in [0.4, 0.5) is 0 Å². The van der Waals surface area contributed by atoms with Crippen molar-refractivity contribution in [3.05, 3.63) is 29.7 Å². The molecule has 0 aromatic carbocycles. The molecule has 1 fully saturated rings. The highest BCUT2D eigenvalue weighted by Gasteiger charge is 2.29. The standard InChI is InChI=1S/C14H19N5O2/c1-9-7-15-19(8-9)6-5-12(20)16-10(2)14-17-13(18-21-14)11-3-4-11/h7-8,10-11H,3-6H2,1-2H3,(H,16,20)/t10-/m0/s1. The van der Waals surface area contributed by atoms with Crippen LogP contribution in [0.25, 0.3) is 0 Å². The molecule has 0 aliphatic heterocycles. The first-order chi connectivity index (χ1) is 10.1. The van der Waals surface area contributed by atoms with Crippen LogP contribution in [0.2, 0.25) is 0 Å². The van der Waals surface area contributed by atoms with Crippen LogP contribution in [-0.4, -0.2) is 25.8 Å². The van der Waals surface area contributed by atoms with E-state index in [1.807, 2.05) is 20.0 Å². The van der Waals surface area contributed by atoms with Crippen LogP contribution in [0.1, 0.15) is 55.4 Å². The van der Waals surface area contributed by atoms with Gasteiger partial charge in [0.15, 0.2) is 5.82 Å². The van der Waals surface area contributed by atoms with E-state index in [2.05, 4.69) is 20.6 Å². The van der Waals surface area contributed by atoms with Crippen LogP contribution in [0.15, 0.2) is 16.9 Å². The zero-order chi connectivity index (χ0) is 14.8. The lowest BCUT2D eigenvalue weighted by molar-refractivity contribution is -0.122. The number of carbonyl (C=O) groups excluding carboxylic acids is 1. The number of rotatable bonds is 6. The fourth-order valence-corrected chi connectivity index (χ4v) is 2.11. The minimum Gasteiger partial charge on any atom is -0.345 e. The quantitative estimate of drug-likeness (QED) is 0.875. The van der Waals surface area contributed by atoms with E-state index in [-0.39, 0.29) is 11.9 Å². The van der Waals surface area contributed by atoms with E-state index in [1.54, 1.807) is 10.9 Å². The molecule has 2 aromatic rings. The van der Waals surface area contributed by atoms with E-state index in [0.29, 0.717) is 24.8 Å². The van der Waals surface area contributed by atoms with Crippen LogP contribution < -0.4 is 5.32 Å². The summed E-state index contributed by atoms with van der Waals surface area (Å²) in [5.74, 6) is 1.63. The average molecular weight is 289 g/mol. The van der Waals surface area contributed by atoms with Gasteiger partial charge in [0, 0.05) is 25.1 Å². The van der Waals surface area contributed by atoms with Gasteiger partial charge in [-0.3, -0.25) is 9.48 Å². The largest absolute Gasteiger partial charge is 0.345 e. The average Bonchev–Trinajstić information content (AvgIpc) is 3.03. The second-order valence-electron chi connectivity index (χ2n) is 5.59. The smallest absolute Gasteiger partial charge is 0.248 e. The van der Waals surface area contributed by atoms with Crippen LogP contribution >= 0.6 is 0 Å². The van der Waals surface area contributed by atoms with Crippen LogP contribution in [0, 0.1) is 6.92 Å². The fourth-order valence-electron chi connectivity index (χ4n) is 2.11. The van der Waals surface area contributed by atoms with Crippen LogP contribution in [0.5, 0.6) is 0 Å². The SMILES string of the molecule is Cc1cnn(CCC(=O)N[C@@H](C)c2nc(C3CC3)no2)c1. The molecular formula is C14H19N5O2. The number of nitrogens with zero attached hydrogens (tertiary/aromatic N) is 4. The molecule has 1 amide bonds. The van der Waals surface area contributed by atoms with E-state index in [4.69, 9.17) is 4.52 Å². The predicted octanol–water partition coefficient (Wildman–Crippen LogP) is 1.72. The Bertz CT molecular complexity index is 629. The van der Waals surface area contributed by atoms with Gasteiger partial charge in [0.25, 0.3) is 0 Å². The van der Waals surface area contributed by atoms with Crippen molar-refractivity contribution in [3.63, 3.8) is 0 Å². The number of hydrogen-bond acceptors (Lipinski definition) is 5. The van der Waals surface area contributed by atoms with Crippen molar-refractivity contribution < 1.29 is 9.32 Å². The summed E-state index contributed by atoms with van der Waals surface area (Å²) in [5, 5.41) is 11.0. The molecular weight excluding hydrogens is 270 g/mol. The van der Waals surface area contributed by atoms with Gasteiger partial charge in [-0.15, -0.1) is 0 Å². The molecule has 7 heteroatoms. The van der Waals surface area contributed by atoms with Crippen molar-refractivity contribution in [1.82, 2.24) is 25.2 Å². The summed E-state index contributed by atoms with van der Waals surface area (Å²) in [6, 6.07) is -0.267. The monoisotopic (exact) mass is 289 g/mol. The molecule has 1 saturated carbocycles. The lowest BCUT2D eigenvalue weighted by atomic mass is 10.3. The molecule has 3 rings (SSSR count). The Balaban J connectivity index is 1.48. The second-order valence-corrected chi connectivity index (χ2v) is 5.59. The van der Waals surface area contributed by atoms with Gasteiger partial charge < -0.3 is 9.84 Å². The molecule has 1 N–H and O–H groups in total. The highest BCUT2D eigenvalue weighted by Crippen LogP contribution is 2.38. The number of carbonyl (C=O) groups is 1. The Labute approximate surface area is 122 Å². The number of aryl methyl sites for hydroxylation is 2. The first-order valence-electron chi connectivity index (χ1n) is 7.24. The first-order valence-corrected chi connectivity index (χ1v) is 7.24. The molecule has 21 heavy (non-hydrogen) atoms. The Morgan fingerprint density at radius 1 is 1.57 bits per heavy atom. The van der Waals surface area contributed by atoms with E-state index < -0.39 is 0 Å². The van der Waals surface area contributed by atoms with Crippen molar-refractivity contribution in [3.8, 4) is 0 Å². The van der Waals surface area contributed by atoms with E-state index in [0.717, 1.165) is 24.2 Å². The van der Waals surface area contributed by atoms with Gasteiger partial charge in [-0.25, -0.2) is 0 Å². The van der Waals surface area contributed by atoms with Crippen molar-refractivity contribution in [2.45, 2.75) is 51.6 Å².